The van der Waals surface area contributed by atoms with Crippen LogP contribution in [0.15, 0.2) is 18.2 Å². The molecule has 0 saturated heterocycles. The van der Waals surface area contributed by atoms with Gasteiger partial charge in [-0.15, -0.1) is 0 Å². The van der Waals surface area contributed by atoms with Crippen molar-refractivity contribution in [3.8, 4) is 5.75 Å². The number of aliphatic hydroxyl groups is 1. The van der Waals surface area contributed by atoms with E-state index in [1.807, 2.05) is 19.9 Å². The van der Waals surface area contributed by atoms with Crippen molar-refractivity contribution in [3.63, 3.8) is 0 Å². The van der Waals surface area contributed by atoms with Crippen molar-refractivity contribution in [1.82, 2.24) is 0 Å². The monoisotopic (exact) mass is 396 g/mol. The zero-order chi connectivity index (χ0) is 21.4. The van der Waals surface area contributed by atoms with Crippen molar-refractivity contribution < 1.29 is 42.3 Å². The standard InChI is InChI=1S/C15H17FO4.C2H3F3.CH4O/c1-15(2)6-4-5-11(15)9-7-10(14(17)19-3)12(16)8-13(9)20-18;1-2(3,4)5;1-2/h5,7-8,18H,4,6H2,1-3H3;1H3;2H,1H3. The summed E-state index contributed by atoms with van der Waals surface area (Å²) < 4.78 is 49.4. The first-order valence-electron chi connectivity index (χ1n) is 7.86. The van der Waals surface area contributed by atoms with Gasteiger partial charge < -0.3 is 14.7 Å². The van der Waals surface area contributed by atoms with Gasteiger partial charge in [-0.05, 0) is 29.9 Å². The van der Waals surface area contributed by atoms with E-state index in [0.717, 1.165) is 31.6 Å². The molecule has 0 fully saturated rings. The van der Waals surface area contributed by atoms with Crippen molar-refractivity contribution in [2.24, 2.45) is 5.41 Å². The Labute approximate surface area is 155 Å². The van der Waals surface area contributed by atoms with E-state index in [-0.39, 0.29) is 23.7 Å². The fraction of sp³-hybridized carbons (Fsp3) is 0.500. The number of alkyl halides is 3. The van der Waals surface area contributed by atoms with E-state index in [1.165, 1.54) is 13.2 Å². The number of allylic oxidation sites excluding steroid dienone is 2. The summed E-state index contributed by atoms with van der Waals surface area (Å²) in [7, 11) is 2.19. The minimum absolute atomic E-state index is 0.00335. The highest BCUT2D eigenvalue weighted by molar-refractivity contribution is 5.92. The van der Waals surface area contributed by atoms with Crippen LogP contribution in [0.3, 0.4) is 0 Å². The number of benzene rings is 1. The first kappa shape index (κ1) is 24.9. The van der Waals surface area contributed by atoms with Gasteiger partial charge in [0.25, 0.3) is 0 Å². The molecular weight excluding hydrogens is 372 g/mol. The molecule has 0 aromatic heterocycles. The van der Waals surface area contributed by atoms with Gasteiger partial charge in [0.2, 0.25) is 0 Å². The molecular formula is C18H24F4O5. The van der Waals surface area contributed by atoms with Crippen LogP contribution in [0.1, 0.15) is 49.5 Å². The molecule has 1 aliphatic carbocycles. The summed E-state index contributed by atoms with van der Waals surface area (Å²) in [5.74, 6) is -1.55. The summed E-state index contributed by atoms with van der Waals surface area (Å²) in [6.07, 6.45) is -0.160. The van der Waals surface area contributed by atoms with Crippen molar-refractivity contribution in [3.05, 3.63) is 35.2 Å². The SMILES string of the molecule is CC(F)(F)F.CO.COC(=O)c1cc(C2=CCCC2(C)C)c(OO)cc1F. The van der Waals surface area contributed by atoms with Crippen LogP contribution in [0.25, 0.3) is 5.57 Å². The summed E-state index contributed by atoms with van der Waals surface area (Å²) in [4.78, 5) is 15.8. The number of hydrogen-bond acceptors (Lipinski definition) is 5. The summed E-state index contributed by atoms with van der Waals surface area (Å²) in [5.41, 5.74) is 1.13. The van der Waals surface area contributed by atoms with Crippen LogP contribution < -0.4 is 4.89 Å². The van der Waals surface area contributed by atoms with E-state index in [4.69, 9.17) is 10.4 Å². The lowest BCUT2D eigenvalue weighted by molar-refractivity contribution is -0.138. The summed E-state index contributed by atoms with van der Waals surface area (Å²) in [6, 6.07) is 2.36. The number of methoxy groups -OCH3 is 1. The highest BCUT2D eigenvalue weighted by Gasteiger charge is 2.31. The highest BCUT2D eigenvalue weighted by atomic mass is 19.4. The Morgan fingerprint density at radius 1 is 1.22 bits per heavy atom. The minimum atomic E-state index is -4.00. The molecule has 5 nitrogen and oxygen atoms in total. The third-order valence-corrected chi connectivity index (χ3v) is 3.71. The maximum atomic E-state index is 13.8. The van der Waals surface area contributed by atoms with E-state index in [0.29, 0.717) is 5.56 Å². The third-order valence-electron chi connectivity index (χ3n) is 3.71. The lowest BCUT2D eigenvalue weighted by atomic mass is 9.81. The maximum Gasteiger partial charge on any atom is 0.386 e. The topological polar surface area (TPSA) is 76.0 Å². The molecule has 0 bridgehead atoms. The van der Waals surface area contributed by atoms with Crippen molar-refractivity contribution >= 4 is 11.5 Å². The zero-order valence-electron chi connectivity index (χ0n) is 15.8. The van der Waals surface area contributed by atoms with Crippen molar-refractivity contribution in [1.29, 1.82) is 0 Å². The Hall–Kier alpha value is -2.13. The zero-order valence-corrected chi connectivity index (χ0v) is 15.8. The Morgan fingerprint density at radius 2 is 1.74 bits per heavy atom. The number of carbonyl (C=O) groups is 1. The Bertz CT molecular complexity index is 660. The smallest absolute Gasteiger partial charge is 0.386 e. The number of hydrogen-bond donors (Lipinski definition) is 2. The second-order valence-corrected chi connectivity index (χ2v) is 6.23. The molecule has 0 saturated carbocycles. The van der Waals surface area contributed by atoms with Gasteiger partial charge in [-0.25, -0.2) is 14.4 Å². The number of rotatable bonds is 3. The van der Waals surface area contributed by atoms with Gasteiger partial charge in [0.15, 0.2) is 5.75 Å². The summed E-state index contributed by atoms with van der Waals surface area (Å²) in [5, 5.41) is 16.0. The third kappa shape index (κ3) is 7.56. The molecule has 27 heavy (non-hydrogen) atoms. The molecule has 0 amide bonds. The van der Waals surface area contributed by atoms with Crippen LogP contribution in [0.2, 0.25) is 0 Å². The van der Waals surface area contributed by atoms with Crippen LogP contribution in [-0.2, 0) is 4.74 Å². The van der Waals surface area contributed by atoms with Gasteiger partial charge in [-0.3, -0.25) is 0 Å². The molecule has 1 aromatic carbocycles. The van der Waals surface area contributed by atoms with Gasteiger partial charge in [0.1, 0.15) is 5.82 Å². The fourth-order valence-corrected chi connectivity index (χ4v) is 2.57. The van der Waals surface area contributed by atoms with Crippen LogP contribution in [-0.4, -0.2) is 36.7 Å². The lowest BCUT2D eigenvalue weighted by Crippen LogP contribution is -2.12. The van der Waals surface area contributed by atoms with Crippen LogP contribution in [0.4, 0.5) is 17.6 Å². The normalized spacial score (nSPS) is 14.9. The molecule has 0 spiro atoms. The minimum Gasteiger partial charge on any atom is -0.465 e. The van der Waals surface area contributed by atoms with E-state index < -0.39 is 18.0 Å². The van der Waals surface area contributed by atoms with Crippen LogP contribution in [0, 0.1) is 11.2 Å². The Balaban J connectivity index is 0.000000838. The van der Waals surface area contributed by atoms with Gasteiger partial charge in [0.05, 0.1) is 12.7 Å². The molecule has 0 unspecified atom stereocenters. The molecule has 0 radical (unpaired) electrons. The van der Waals surface area contributed by atoms with Gasteiger partial charge in [-0.1, -0.05) is 19.9 Å². The molecule has 154 valence electrons. The predicted octanol–water partition coefficient (Wildman–Crippen LogP) is 4.84. The van der Waals surface area contributed by atoms with Gasteiger partial charge in [0, 0.05) is 25.7 Å². The van der Waals surface area contributed by atoms with Gasteiger partial charge in [-0.2, -0.15) is 13.2 Å². The number of ether oxygens (including phenoxy) is 1. The van der Waals surface area contributed by atoms with Crippen molar-refractivity contribution in [2.45, 2.75) is 39.8 Å². The van der Waals surface area contributed by atoms with E-state index in [2.05, 4.69) is 9.62 Å². The molecule has 0 heterocycles. The number of halogens is 4. The van der Waals surface area contributed by atoms with Crippen molar-refractivity contribution in [2.75, 3.05) is 14.2 Å². The highest BCUT2D eigenvalue weighted by Crippen LogP contribution is 2.47. The van der Waals surface area contributed by atoms with Crippen LogP contribution >= 0.6 is 0 Å². The molecule has 0 atom stereocenters. The maximum absolute atomic E-state index is 13.8. The number of aliphatic hydroxyl groups excluding tert-OH is 1. The molecule has 1 aromatic rings. The quantitative estimate of drug-likeness (QED) is 0.331. The van der Waals surface area contributed by atoms with E-state index in [1.54, 1.807) is 0 Å². The largest absolute Gasteiger partial charge is 0.465 e. The van der Waals surface area contributed by atoms with E-state index >= 15 is 0 Å². The average molecular weight is 396 g/mol. The Kier molecular flexibility index (Phi) is 9.46. The average Bonchev–Trinajstić information content (AvgIpc) is 2.93. The lowest BCUT2D eigenvalue weighted by Gasteiger charge is -2.24. The second kappa shape index (κ2) is 10.3. The fourth-order valence-electron chi connectivity index (χ4n) is 2.57. The first-order chi connectivity index (χ1) is 12.4. The summed E-state index contributed by atoms with van der Waals surface area (Å²) >= 11 is 0. The number of carbonyl (C=O) groups excluding carboxylic acids is 1. The number of esters is 1. The van der Waals surface area contributed by atoms with Gasteiger partial charge >= 0.3 is 12.1 Å². The molecule has 0 aliphatic heterocycles. The first-order valence-corrected chi connectivity index (χ1v) is 7.86. The second-order valence-electron chi connectivity index (χ2n) is 6.23. The Morgan fingerprint density at radius 3 is 2.11 bits per heavy atom. The van der Waals surface area contributed by atoms with E-state index in [9.17, 15) is 22.4 Å². The summed E-state index contributed by atoms with van der Waals surface area (Å²) in [6.45, 7) is 4.29. The predicted molar refractivity (Wildman–Crippen MR) is 91.9 cm³/mol. The molecule has 1 aliphatic rings. The molecule has 2 N–H and O–H groups in total. The molecule has 2 rings (SSSR count). The van der Waals surface area contributed by atoms with Crippen LogP contribution in [0.5, 0.6) is 5.75 Å². The molecule has 9 heteroatoms.